The van der Waals surface area contributed by atoms with E-state index < -0.39 is 0 Å². The average molecular weight is 283 g/mol. The summed E-state index contributed by atoms with van der Waals surface area (Å²) < 4.78 is 6.09. The maximum Gasteiger partial charge on any atom is 0.131 e. The predicted molar refractivity (Wildman–Crippen MR) is 89.0 cm³/mol. The molecular formula is C19H25NO. The van der Waals surface area contributed by atoms with E-state index in [1.54, 1.807) is 0 Å². The molecule has 2 nitrogen and oxygen atoms in total. The van der Waals surface area contributed by atoms with Gasteiger partial charge in [-0.1, -0.05) is 38.1 Å². The van der Waals surface area contributed by atoms with E-state index in [9.17, 15) is 0 Å². The molecule has 2 aromatic rings. The van der Waals surface area contributed by atoms with Crippen LogP contribution in [0.15, 0.2) is 42.5 Å². The summed E-state index contributed by atoms with van der Waals surface area (Å²) >= 11 is 0. The zero-order chi connectivity index (χ0) is 15.2. The van der Waals surface area contributed by atoms with Gasteiger partial charge in [-0.2, -0.15) is 0 Å². The van der Waals surface area contributed by atoms with E-state index in [4.69, 9.17) is 4.74 Å². The third-order valence-corrected chi connectivity index (χ3v) is 3.26. The molecule has 0 amide bonds. The van der Waals surface area contributed by atoms with Crippen molar-refractivity contribution in [3.05, 3.63) is 59.2 Å². The monoisotopic (exact) mass is 283 g/mol. The van der Waals surface area contributed by atoms with Crippen LogP contribution in [0.1, 0.15) is 30.5 Å². The van der Waals surface area contributed by atoms with Gasteiger partial charge in [0.05, 0.1) is 0 Å². The molecule has 21 heavy (non-hydrogen) atoms. The lowest BCUT2D eigenvalue weighted by atomic mass is 10.1. The van der Waals surface area contributed by atoms with E-state index in [2.05, 4.69) is 63.3 Å². The standard InChI is InChI=1S/C19H25NO/c1-14(2)12-20-13-17-7-5-6-8-19(17)21-18-10-15(3)9-16(4)11-18/h5-11,14,20H,12-13H2,1-4H3. The Morgan fingerprint density at radius 1 is 1.00 bits per heavy atom. The Labute approximate surface area is 128 Å². The van der Waals surface area contributed by atoms with Gasteiger partial charge in [-0.25, -0.2) is 0 Å². The van der Waals surface area contributed by atoms with Crippen molar-refractivity contribution in [2.75, 3.05) is 6.54 Å². The summed E-state index contributed by atoms with van der Waals surface area (Å²) in [6.45, 7) is 10.5. The highest BCUT2D eigenvalue weighted by atomic mass is 16.5. The van der Waals surface area contributed by atoms with Crippen LogP contribution in [0.25, 0.3) is 0 Å². The normalized spacial score (nSPS) is 10.9. The van der Waals surface area contributed by atoms with Crippen LogP contribution in [0.4, 0.5) is 0 Å². The molecule has 0 aliphatic heterocycles. The first-order valence-corrected chi connectivity index (χ1v) is 7.59. The van der Waals surface area contributed by atoms with Crippen molar-refractivity contribution in [2.45, 2.75) is 34.2 Å². The van der Waals surface area contributed by atoms with Gasteiger partial charge in [-0.3, -0.25) is 0 Å². The Morgan fingerprint density at radius 2 is 1.67 bits per heavy atom. The summed E-state index contributed by atoms with van der Waals surface area (Å²) in [7, 11) is 0. The quantitative estimate of drug-likeness (QED) is 0.819. The first-order valence-electron chi connectivity index (χ1n) is 7.59. The number of nitrogens with one attached hydrogen (secondary N) is 1. The molecule has 0 atom stereocenters. The molecule has 0 aliphatic carbocycles. The highest BCUT2D eigenvalue weighted by Gasteiger charge is 2.05. The van der Waals surface area contributed by atoms with Crippen LogP contribution in [-0.4, -0.2) is 6.54 Å². The van der Waals surface area contributed by atoms with E-state index in [1.165, 1.54) is 16.7 Å². The molecule has 0 fully saturated rings. The minimum absolute atomic E-state index is 0.650. The molecule has 0 spiro atoms. The smallest absolute Gasteiger partial charge is 0.131 e. The van der Waals surface area contributed by atoms with Gasteiger partial charge in [-0.05, 0) is 55.6 Å². The maximum atomic E-state index is 6.09. The molecule has 0 heterocycles. The van der Waals surface area contributed by atoms with Gasteiger partial charge in [0.2, 0.25) is 0 Å². The molecule has 0 saturated heterocycles. The van der Waals surface area contributed by atoms with Crippen LogP contribution in [0.5, 0.6) is 11.5 Å². The Hall–Kier alpha value is -1.80. The van der Waals surface area contributed by atoms with Gasteiger partial charge in [-0.15, -0.1) is 0 Å². The van der Waals surface area contributed by atoms with Gasteiger partial charge in [0.15, 0.2) is 0 Å². The fourth-order valence-corrected chi connectivity index (χ4v) is 2.36. The van der Waals surface area contributed by atoms with Crippen LogP contribution in [0.2, 0.25) is 0 Å². The zero-order valence-corrected chi connectivity index (χ0v) is 13.4. The van der Waals surface area contributed by atoms with E-state index in [1.807, 2.05) is 12.1 Å². The van der Waals surface area contributed by atoms with Crippen molar-refractivity contribution in [3.8, 4) is 11.5 Å². The number of ether oxygens (including phenoxy) is 1. The first-order chi connectivity index (χ1) is 10.0. The Balaban J connectivity index is 2.12. The van der Waals surface area contributed by atoms with Crippen LogP contribution >= 0.6 is 0 Å². The van der Waals surface area contributed by atoms with Gasteiger partial charge in [0, 0.05) is 12.1 Å². The SMILES string of the molecule is Cc1cc(C)cc(Oc2ccccc2CNCC(C)C)c1. The number of benzene rings is 2. The average Bonchev–Trinajstić information content (AvgIpc) is 2.39. The summed E-state index contributed by atoms with van der Waals surface area (Å²) in [5.74, 6) is 2.49. The van der Waals surface area contributed by atoms with Crippen molar-refractivity contribution < 1.29 is 4.74 Å². The van der Waals surface area contributed by atoms with Crippen molar-refractivity contribution >= 4 is 0 Å². The van der Waals surface area contributed by atoms with Crippen LogP contribution in [0.3, 0.4) is 0 Å². The lowest BCUT2D eigenvalue weighted by Crippen LogP contribution is -2.19. The number of aryl methyl sites for hydroxylation is 2. The number of rotatable bonds is 6. The molecule has 2 heteroatoms. The second kappa shape index (κ2) is 7.28. The third-order valence-electron chi connectivity index (χ3n) is 3.26. The minimum Gasteiger partial charge on any atom is -0.457 e. The molecule has 0 radical (unpaired) electrons. The zero-order valence-electron chi connectivity index (χ0n) is 13.4. The fourth-order valence-electron chi connectivity index (χ4n) is 2.36. The molecule has 0 unspecified atom stereocenters. The molecule has 2 aromatic carbocycles. The highest BCUT2D eigenvalue weighted by molar-refractivity contribution is 5.40. The Kier molecular flexibility index (Phi) is 5.40. The van der Waals surface area contributed by atoms with Crippen LogP contribution in [-0.2, 0) is 6.54 Å². The Morgan fingerprint density at radius 3 is 2.33 bits per heavy atom. The first kappa shape index (κ1) is 15.6. The van der Waals surface area contributed by atoms with Gasteiger partial charge in [0.1, 0.15) is 11.5 Å². The molecule has 0 aromatic heterocycles. The van der Waals surface area contributed by atoms with E-state index in [0.717, 1.165) is 24.6 Å². The van der Waals surface area contributed by atoms with Crippen molar-refractivity contribution in [2.24, 2.45) is 5.92 Å². The lowest BCUT2D eigenvalue weighted by Gasteiger charge is -2.13. The molecule has 0 aliphatic rings. The summed E-state index contributed by atoms with van der Waals surface area (Å²) in [6.07, 6.45) is 0. The summed E-state index contributed by atoms with van der Waals surface area (Å²) in [5.41, 5.74) is 3.64. The van der Waals surface area contributed by atoms with Gasteiger partial charge >= 0.3 is 0 Å². The predicted octanol–water partition coefficient (Wildman–Crippen LogP) is 4.84. The van der Waals surface area contributed by atoms with Crippen molar-refractivity contribution in [3.63, 3.8) is 0 Å². The minimum atomic E-state index is 0.650. The van der Waals surface area contributed by atoms with E-state index in [-0.39, 0.29) is 0 Å². The van der Waals surface area contributed by atoms with Gasteiger partial charge in [0.25, 0.3) is 0 Å². The topological polar surface area (TPSA) is 21.3 Å². The maximum absolute atomic E-state index is 6.09. The summed E-state index contributed by atoms with van der Waals surface area (Å²) in [5, 5.41) is 3.47. The lowest BCUT2D eigenvalue weighted by molar-refractivity contribution is 0.468. The van der Waals surface area contributed by atoms with Crippen molar-refractivity contribution in [1.82, 2.24) is 5.32 Å². The fraction of sp³-hybridized carbons (Fsp3) is 0.368. The second-order valence-corrected chi connectivity index (χ2v) is 6.06. The Bertz CT molecular complexity index is 570. The molecular weight excluding hydrogens is 258 g/mol. The summed E-state index contributed by atoms with van der Waals surface area (Å²) in [4.78, 5) is 0. The van der Waals surface area contributed by atoms with Gasteiger partial charge < -0.3 is 10.1 Å². The summed E-state index contributed by atoms with van der Waals surface area (Å²) in [6, 6.07) is 14.5. The molecule has 112 valence electrons. The van der Waals surface area contributed by atoms with Crippen LogP contribution < -0.4 is 10.1 Å². The van der Waals surface area contributed by atoms with Crippen molar-refractivity contribution in [1.29, 1.82) is 0 Å². The molecule has 1 N–H and O–H groups in total. The van der Waals surface area contributed by atoms with Crippen LogP contribution in [0, 0.1) is 19.8 Å². The number of hydrogen-bond acceptors (Lipinski definition) is 2. The second-order valence-electron chi connectivity index (χ2n) is 6.06. The number of para-hydroxylation sites is 1. The van der Waals surface area contributed by atoms with E-state index in [0.29, 0.717) is 5.92 Å². The largest absolute Gasteiger partial charge is 0.457 e. The molecule has 0 bridgehead atoms. The molecule has 0 saturated carbocycles. The van der Waals surface area contributed by atoms with E-state index >= 15 is 0 Å². The highest BCUT2D eigenvalue weighted by Crippen LogP contribution is 2.26. The third kappa shape index (κ3) is 4.91. The molecule has 2 rings (SSSR count). The number of hydrogen-bond donors (Lipinski definition) is 1.